The van der Waals surface area contributed by atoms with E-state index < -0.39 is 11.5 Å². The van der Waals surface area contributed by atoms with Crippen molar-refractivity contribution in [2.24, 2.45) is 0 Å². The van der Waals surface area contributed by atoms with Gasteiger partial charge in [0.2, 0.25) is 5.91 Å². The molecule has 4 rings (SSSR count). The summed E-state index contributed by atoms with van der Waals surface area (Å²) in [5.41, 5.74) is 2.52. The number of nitrogens with one attached hydrogen (secondary N) is 2. The highest BCUT2D eigenvalue weighted by Crippen LogP contribution is 2.44. The van der Waals surface area contributed by atoms with Gasteiger partial charge in [-0.25, -0.2) is 0 Å². The molecule has 7 heteroatoms. The molecule has 0 spiro atoms. The molecule has 2 N–H and O–H groups in total. The summed E-state index contributed by atoms with van der Waals surface area (Å²) in [4.78, 5) is 15.8. The van der Waals surface area contributed by atoms with Crippen LogP contribution < -0.4 is 10.1 Å². The molecule has 6 nitrogen and oxygen atoms in total. The zero-order valence-electron chi connectivity index (χ0n) is 19.0. The number of hydrogen-bond donors (Lipinski definition) is 2. The molecule has 1 fully saturated rings. The van der Waals surface area contributed by atoms with Crippen molar-refractivity contribution >= 4 is 23.2 Å². The molecule has 3 aromatic rings. The second-order valence-corrected chi connectivity index (χ2v) is 9.55. The first kappa shape index (κ1) is 22.6. The summed E-state index contributed by atoms with van der Waals surface area (Å²) >= 11 is 1.54. The number of nitriles is 1. The third kappa shape index (κ3) is 4.22. The maximum atomic E-state index is 13.5. The number of carbonyl (C=O) groups excluding carboxylic acids is 1. The van der Waals surface area contributed by atoms with Crippen molar-refractivity contribution in [1.29, 1.82) is 10.7 Å². The van der Waals surface area contributed by atoms with Gasteiger partial charge in [0.15, 0.2) is 5.96 Å². The number of carbonyl (C=O) groups is 1. The molecular formula is C26H26N4O2S. The van der Waals surface area contributed by atoms with E-state index in [1.54, 1.807) is 13.1 Å². The van der Waals surface area contributed by atoms with Crippen LogP contribution in [0.15, 0.2) is 60.0 Å². The van der Waals surface area contributed by atoms with Gasteiger partial charge in [0.1, 0.15) is 5.75 Å². The number of thiophene rings is 1. The lowest BCUT2D eigenvalue weighted by molar-refractivity contribution is -0.131. The molecule has 1 aliphatic heterocycles. The minimum Gasteiger partial charge on any atom is -0.491 e. The molecule has 1 amide bonds. The molecular weight excluding hydrogens is 432 g/mol. The highest BCUT2D eigenvalue weighted by atomic mass is 32.1. The summed E-state index contributed by atoms with van der Waals surface area (Å²) in [5.74, 6) is 0.0736. The average molecular weight is 459 g/mol. The summed E-state index contributed by atoms with van der Waals surface area (Å²) in [6.07, 6.45) is 0.0201. The van der Waals surface area contributed by atoms with E-state index in [1.807, 2.05) is 74.7 Å². The largest absolute Gasteiger partial charge is 0.491 e. The summed E-state index contributed by atoms with van der Waals surface area (Å²) in [5, 5.41) is 22.9. The molecule has 2 heterocycles. The van der Waals surface area contributed by atoms with Gasteiger partial charge in [-0.1, -0.05) is 24.3 Å². The topological polar surface area (TPSA) is 89.2 Å². The third-order valence-electron chi connectivity index (χ3n) is 5.87. The molecule has 0 unspecified atom stereocenters. The maximum Gasteiger partial charge on any atom is 0.239 e. The summed E-state index contributed by atoms with van der Waals surface area (Å²) < 4.78 is 5.88. The van der Waals surface area contributed by atoms with Crippen molar-refractivity contribution in [2.75, 3.05) is 7.05 Å². The van der Waals surface area contributed by atoms with Crippen molar-refractivity contribution in [3.63, 3.8) is 0 Å². The molecule has 2 atom stereocenters. The fourth-order valence-corrected chi connectivity index (χ4v) is 5.27. The van der Waals surface area contributed by atoms with Crippen LogP contribution in [-0.2, 0) is 10.3 Å². The van der Waals surface area contributed by atoms with E-state index in [4.69, 9.17) is 10.1 Å². The van der Waals surface area contributed by atoms with Crippen LogP contribution in [0, 0.1) is 16.7 Å². The number of benzene rings is 2. The lowest BCUT2D eigenvalue weighted by Gasteiger charge is -2.45. The van der Waals surface area contributed by atoms with Crippen LogP contribution in [0.5, 0.6) is 5.75 Å². The second kappa shape index (κ2) is 8.72. The van der Waals surface area contributed by atoms with Gasteiger partial charge in [-0.2, -0.15) is 5.26 Å². The Kier molecular flexibility index (Phi) is 5.96. The minimum atomic E-state index is -0.827. The minimum absolute atomic E-state index is 0.0201. The van der Waals surface area contributed by atoms with Gasteiger partial charge in [-0.15, -0.1) is 11.3 Å². The first-order valence-corrected chi connectivity index (χ1v) is 11.6. The van der Waals surface area contributed by atoms with Crippen LogP contribution in [0.25, 0.3) is 11.1 Å². The lowest BCUT2D eigenvalue weighted by atomic mass is 9.76. The van der Waals surface area contributed by atoms with E-state index in [9.17, 15) is 10.1 Å². The molecule has 2 aromatic carbocycles. The zero-order chi connectivity index (χ0) is 23.8. The van der Waals surface area contributed by atoms with Gasteiger partial charge in [-0.3, -0.25) is 15.1 Å². The molecule has 0 radical (unpaired) electrons. The van der Waals surface area contributed by atoms with E-state index >= 15 is 0 Å². The average Bonchev–Trinajstić information content (AvgIpc) is 3.29. The fraction of sp³-hybridized carbons (Fsp3) is 0.269. The van der Waals surface area contributed by atoms with Crippen LogP contribution >= 0.6 is 11.3 Å². The molecule has 168 valence electrons. The number of nitrogens with zero attached hydrogens (tertiary/aromatic N) is 2. The van der Waals surface area contributed by atoms with Crippen LogP contribution in [0.3, 0.4) is 0 Å². The highest BCUT2D eigenvalue weighted by molar-refractivity contribution is 7.10. The van der Waals surface area contributed by atoms with E-state index in [0.29, 0.717) is 11.3 Å². The quantitative estimate of drug-likeness (QED) is 0.559. The number of likely N-dealkylation sites (N-methyl/N-ethyl adjacent to an activating group) is 1. The third-order valence-corrected chi connectivity index (χ3v) is 7.04. The van der Waals surface area contributed by atoms with Crippen molar-refractivity contribution in [2.45, 2.75) is 38.3 Å². The van der Waals surface area contributed by atoms with Gasteiger partial charge < -0.3 is 10.1 Å². The Labute approximate surface area is 197 Å². The van der Waals surface area contributed by atoms with Crippen LogP contribution in [0.1, 0.15) is 42.7 Å². The first-order chi connectivity index (χ1) is 15.7. The van der Waals surface area contributed by atoms with Crippen molar-refractivity contribution in [1.82, 2.24) is 10.2 Å². The van der Waals surface area contributed by atoms with Gasteiger partial charge in [0, 0.05) is 11.9 Å². The second-order valence-electron chi connectivity index (χ2n) is 8.64. The van der Waals surface area contributed by atoms with Crippen LogP contribution in [0.2, 0.25) is 0 Å². The Morgan fingerprint density at radius 2 is 1.94 bits per heavy atom. The molecule has 1 saturated heterocycles. The Morgan fingerprint density at radius 1 is 1.18 bits per heavy atom. The Morgan fingerprint density at radius 3 is 2.67 bits per heavy atom. The molecule has 0 aliphatic carbocycles. The Balaban J connectivity index is 1.79. The normalized spacial score (nSPS) is 20.5. The number of amides is 1. The number of rotatable bonds is 5. The van der Waals surface area contributed by atoms with Crippen molar-refractivity contribution in [3.05, 3.63) is 76.0 Å². The van der Waals surface area contributed by atoms with Crippen LogP contribution in [-0.4, -0.2) is 29.9 Å². The number of hydrogen-bond acceptors (Lipinski definition) is 5. The van der Waals surface area contributed by atoms with Gasteiger partial charge in [0.25, 0.3) is 0 Å². The van der Waals surface area contributed by atoms with Gasteiger partial charge in [-0.05, 0) is 73.2 Å². The van der Waals surface area contributed by atoms with Crippen LogP contribution in [0.4, 0.5) is 0 Å². The monoisotopic (exact) mass is 458 g/mol. The maximum absolute atomic E-state index is 13.5. The van der Waals surface area contributed by atoms with Gasteiger partial charge >= 0.3 is 0 Å². The number of guanidine groups is 1. The Hall–Kier alpha value is -3.63. The predicted molar refractivity (Wildman–Crippen MR) is 130 cm³/mol. The first-order valence-electron chi connectivity index (χ1n) is 10.7. The predicted octanol–water partition coefficient (Wildman–Crippen LogP) is 5.07. The lowest BCUT2D eigenvalue weighted by Crippen LogP contribution is -2.62. The van der Waals surface area contributed by atoms with Crippen molar-refractivity contribution in [3.8, 4) is 22.9 Å². The highest BCUT2D eigenvalue weighted by Gasteiger charge is 2.49. The van der Waals surface area contributed by atoms with E-state index in [1.165, 1.54) is 16.2 Å². The molecule has 1 aliphatic rings. The van der Waals surface area contributed by atoms with E-state index in [2.05, 4.69) is 11.4 Å². The van der Waals surface area contributed by atoms with E-state index in [-0.39, 0.29) is 18.0 Å². The zero-order valence-corrected chi connectivity index (χ0v) is 19.9. The molecule has 1 aromatic heterocycles. The standard InChI is InChI=1S/C26H26N4O2S/c1-16(2)32-21-10-6-9-19(12-21)23-24(31)30(4)25(28)29-26(23,3)22-13-20(15-33-22)18-8-5-7-17(11-18)14-27/h5-13,15-16,23H,1-4H3,(H2,28,29)/t23-,26-/m1/s1. The fourth-order valence-electron chi connectivity index (χ4n) is 4.20. The van der Waals surface area contributed by atoms with Gasteiger partial charge in [0.05, 0.1) is 29.2 Å². The van der Waals surface area contributed by atoms with Crippen molar-refractivity contribution < 1.29 is 9.53 Å². The smallest absolute Gasteiger partial charge is 0.239 e. The Bertz CT molecular complexity index is 1260. The molecule has 0 saturated carbocycles. The number of ether oxygens (including phenoxy) is 1. The van der Waals surface area contributed by atoms with E-state index in [0.717, 1.165) is 21.6 Å². The summed E-state index contributed by atoms with van der Waals surface area (Å²) in [7, 11) is 1.62. The summed E-state index contributed by atoms with van der Waals surface area (Å²) in [6.45, 7) is 5.90. The SMILES string of the molecule is CC(C)Oc1cccc([C@@H]2C(=O)N(C)C(=N)N[C@]2(C)c2cc(-c3cccc(C#N)c3)cs2)c1. The molecule has 33 heavy (non-hydrogen) atoms. The summed E-state index contributed by atoms with van der Waals surface area (Å²) in [6, 6.07) is 19.3. The molecule has 0 bridgehead atoms.